The normalized spacial score (nSPS) is 12.3. The maximum Gasteiger partial charge on any atom is 0.246 e. The topological polar surface area (TPSA) is 111 Å². The van der Waals surface area contributed by atoms with Crippen molar-refractivity contribution >= 4 is 38.9 Å². The molecule has 2 aromatic rings. The molecule has 2 aromatic carbocycles. The Morgan fingerprint density at radius 3 is 2.38 bits per heavy atom. The number of hydrogen-bond donors (Lipinski definition) is 3. The number of benzene rings is 2. The summed E-state index contributed by atoms with van der Waals surface area (Å²) in [5.74, 6) is 0.223. The molecule has 0 heterocycles. The Morgan fingerprint density at radius 1 is 1.23 bits per heavy atom. The van der Waals surface area contributed by atoms with Gasteiger partial charge in [0.05, 0.1) is 17.7 Å². The third kappa shape index (κ3) is 4.87. The summed E-state index contributed by atoms with van der Waals surface area (Å²) in [7, 11) is -2.25. The number of carbonyl (C=O) groups excluding carboxylic acids is 1. The molecule has 4 N–H and O–H groups in total. The predicted molar refractivity (Wildman–Crippen MR) is 102 cm³/mol. The van der Waals surface area contributed by atoms with Crippen molar-refractivity contribution in [3.05, 3.63) is 47.0 Å². The van der Waals surface area contributed by atoms with Crippen LogP contribution in [0.1, 0.15) is 12.5 Å². The Labute approximate surface area is 157 Å². The summed E-state index contributed by atoms with van der Waals surface area (Å²) in [6, 6.07) is 8.49. The maximum atomic E-state index is 12.4. The molecule has 0 aliphatic heterocycles. The maximum absolute atomic E-state index is 12.4. The molecule has 9 heteroatoms. The van der Waals surface area contributed by atoms with Crippen molar-refractivity contribution in [3.8, 4) is 5.75 Å². The second-order valence-corrected chi connectivity index (χ2v) is 7.69. The van der Waals surface area contributed by atoms with Gasteiger partial charge in [-0.05, 0) is 49.7 Å². The van der Waals surface area contributed by atoms with Crippen molar-refractivity contribution in [1.29, 1.82) is 0 Å². The highest BCUT2D eigenvalue weighted by atomic mass is 35.5. The number of ether oxygens (including phenoxy) is 1. The van der Waals surface area contributed by atoms with Crippen molar-refractivity contribution in [3.63, 3.8) is 0 Å². The summed E-state index contributed by atoms with van der Waals surface area (Å²) in [4.78, 5) is 12.3. The van der Waals surface area contributed by atoms with Gasteiger partial charge in [0, 0.05) is 16.8 Å². The zero-order valence-corrected chi connectivity index (χ0v) is 16.1. The number of hydrogen-bond acceptors (Lipinski definition) is 5. The Hall–Kier alpha value is -2.29. The van der Waals surface area contributed by atoms with Crippen molar-refractivity contribution in [1.82, 2.24) is 0 Å². The van der Waals surface area contributed by atoms with Crippen LogP contribution in [0.2, 0.25) is 5.02 Å². The van der Waals surface area contributed by atoms with Crippen molar-refractivity contribution < 1.29 is 17.9 Å². The molecular weight excluding hydrogens is 378 g/mol. The molecule has 7 nitrogen and oxygen atoms in total. The van der Waals surface area contributed by atoms with E-state index in [1.54, 1.807) is 19.1 Å². The first-order chi connectivity index (χ1) is 12.1. The van der Waals surface area contributed by atoms with Gasteiger partial charge in [-0.1, -0.05) is 11.6 Å². The van der Waals surface area contributed by atoms with E-state index in [0.717, 1.165) is 5.56 Å². The van der Waals surface area contributed by atoms with E-state index in [-0.39, 0.29) is 10.8 Å². The Morgan fingerprint density at radius 2 is 1.85 bits per heavy atom. The van der Waals surface area contributed by atoms with Gasteiger partial charge in [0.15, 0.2) is 0 Å². The fourth-order valence-electron chi connectivity index (χ4n) is 2.22. The number of aryl methyl sites for hydroxylation is 1. The minimum absolute atomic E-state index is 0.0250. The van der Waals surface area contributed by atoms with Crippen LogP contribution >= 0.6 is 11.6 Å². The molecule has 0 bridgehead atoms. The number of rotatable bonds is 6. The lowest BCUT2D eigenvalue weighted by molar-refractivity contribution is -0.116. The lowest BCUT2D eigenvalue weighted by atomic mass is 10.2. The average Bonchev–Trinajstić information content (AvgIpc) is 2.57. The molecule has 0 fully saturated rings. The summed E-state index contributed by atoms with van der Waals surface area (Å²) in [5, 5.41) is 11.4. The monoisotopic (exact) mass is 397 g/mol. The standard InChI is InChI=1S/C17H20ClN3O4S/c1-10-8-15(16(25-3)9-14(10)18)20-11(2)17(22)21-12-4-6-13(7-5-12)26(19,23)24/h4-9,11,20H,1-3H3,(H,21,22)(H2,19,23,24)/t11-/m0/s1. The zero-order chi connectivity index (χ0) is 19.5. The lowest BCUT2D eigenvalue weighted by Gasteiger charge is -2.18. The van der Waals surface area contributed by atoms with Crippen LogP contribution in [0.4, 0.5) is 11.4 Å². The van der Waals surface area contributed by atoms with E-state index in [1.807, 2.05) is 6.92 Å². The SMILES string of the molecule is COc1cc(Cl)c(C)cc1N[C@@H](C)C(=O)Nc1ccc(S(N)(=O)=O)cc1. The van der Waals surface area contributed by atoms with E-state index in [9.17, 15) is 13.2 Å². The fourth-order valence-corrected chi connectivity index (χ4v) is 2.89. The van der Waals surface area contributed by atoms with Gasteiger partial charge in [-0.2, -0.15) is 0 Å². The van der Waals surface area contributed by atoms with Gasteiger partial charge >= 0.3 is 0 Å². The molecule has 2 rings (SSSR count). The highest BCUT2D eigenvalue weighted by Crippen LogP contribution is 2.31. The summed E-state index contributed by atoms with van der Waals surface area (Å²) in [6.07, 6.45) is 0. The number of anilines is 2. The minimum Gasteiger partial charge on any atom is -0.495 e. The van der Waals surface area contributed by atoms with Crippen molar-refractivity contribution in [2.24, 2.45) is 5.14 Å². The Balaban J connectivity index is 2.10. The van der Waals surface area contributed by atoms with Gasteiger partial charge in [0.1, 0.15) is 11.8 Å². The molecule has 0 aromatic heterocycles. The molecule has 1 atom stereocenters. The average molecular weight is 398 g/mol. The number of carbonyl (C=O) groups is 1. The molecular formula is C17H20ClN3O4S. The third-order valence-electron chi connectivity index (χ3n) is 3.70. The highest BCUT2D eigenvalue weighted by Gasteiger charge is 2.16. The summed E-state index contributed by atoms with van der Waals surface area (Å²) in [5.41, 5.74) is 1.94. The molecule has 0 radical (unpaired) electrons. The molecule has 140 valence electrons. The summed E-state index contributed by atoms with van der Waals surface area (Å²) >= 11 is 6.08. The first-order valence-corrected chi connectivity index (χ1v) is 9.58. The molecule has 0 aliphatic carbocycles. The van der Waals surface area contributed by atoms with Gasteiger partial charge in [-0.25, -0.2) is 13.6 Å². The quantitative estimate of drug-likeness (QED) is 0.694. The van der Waals surface area contributed by atoms with Crippen LogP contribution in [-0.2, 0) is 14.8 Å². The van der Waals surface area contributed by atoms with Gasteiger partial charge in [0.25, 0.3) is 0 Å². The van der Waals surface area contributed by atoms with Crippen LogP contribution in [0.25, 0.3) is 0 Å². The fraction of sp³-hybridized carbons (Fsp3) is 0.235. The van der Waals surface area contributed by atoms with Crippen LogP contribution in [0.15, 0.2) is 41.3 Å². The van der Waals surface area contributed by atoms with E-state index in [1.165, 1.54) is 31.4 Å². The molecule has 0 saturated heterocycles. The largest absolute Gasteiger partial charge is 0.495 e. The van der Waals surface area contributed by atoms with Crippen LogP contribution < -0.4 is 20.5 Å². The first-order valence-electron chi connectivity index (χ1n) is 7.66. The van der Waals surface area contributed by atoms with E-state index >= 15 is 0 Å². The first kappa shape index (κ1) is 20.0. The van der Waals surface area contributed by atoms with E-state index in [4.69, 9.17) is 21.5 Å². The Bertz CT molecular complexity index is 914. The molecule has 1 amide bonds. The van der Waals surface area contributed by atoms with Crippen LogP contribution in [-0.4, -0.2) is 27.5 Å². The highest BCUT2D eigenvalue weighted by molar-refractivity contribution is 7.89. The second-order valence-electron chi connectivity index (χ2n) is 5.73. The van der Waals surface area contributed by atoms with Crippen LogP contribution in [0.5, 0.6) is 5.75 Å². The number of primary sulfonamides is 1. The van der Waals surface area contributed by atoms with Crippen LogP contribution in [0, 0.1) is 6.92 Å². The predicted octanol–water partition coefficient (Wildman–Crippen LogP) is 2.74. The smallest absolute Gasteiger partial charge is 0.246 e. The summed E-state index contributed by atoms with van der Waals surface area (Å²) < 4.78 is 27.8. The van der Waals surface area contributed by atoms with Crippen molar-refractivity contribution in [2.45, 2.75) is 24.8 Å². The summed E-state index contributed by atoms with van der Waals surface area (Å²) in [6.45, 7) is 3.54. The number of amides is 1. The molecule has 0 spiro atoms. The zero-order valence-electron chi connectivity index (χ0n) is 14.5. The number of halogens is 1. The van der Waals surface area contributed by atoms with E-state index in [0.29, 0.717) is 22.1 Å². The molecule has 0 saturated carbocycles. The van der Waals surface area contributed by atoms with Gasteiger partial charge in [-0.15, -0.1) is 0 Å². The number of methoxy groups -OCH3 is 1. The van der Waals surface area contributed by atoms with E-state index in [2.05, 4.69) is 10.6 Å². The number of sulfonamides is 1. The lowest BCUT2D eigenvalue weighted by Crippen LogP contribution is -2.32. The van der Waals surface area contributed by atoms with Crippen LogP contribution in [0.3, 0.4) is 0 Å². The van der Waals surface area contributed by atoms with E-state index < -0.39 is 16.1 Å². The Kier molecular flexibility index (Phi) is 6.12. The van der Waals surface area contributed by atoms with Crippen molar-refractivity contribution in [2.75, 3.05) is 17.7 Å². The number of nitrogens with one attached hydrogen (secondary N) is 2. The third-order valence-corrected chi connectivity index (χ3v) is 5.03. The van der Waals surface area contributed by atoms with Gasteiger partial charge in [0.2, 0.25) is 15.9 Å². The molecule has 26 heavy (non-hydrogen) atoms. The molecule has 0 aliphatic rings. The van der Waals surface area contributed by atoms with Gasteiger partial charge in [-0.3, -0.25) is 4.79 Å². The van der Waals surface area contributed by atoms with Gasteiger partial charge < -0.3 is 15.4 Å². The number of nitrogens with two attached hydrogens (primary N) is 1. The minimum atomic E-state index is -3.77. The second kappa shape index (κ2) is 7.94. The molecule has 0 unspecified atom stereocenters.